The van der Waals surface area contributed by atoms with E-state index in [0.717, 1.165) is 26.1 Å². The Morgan fingerprint density at radius 1 is 1.28 bits per heavy atom. The van der Waals surface area contributed by atoms with E-state index in [-0.39, 0.29) is 59.1 Å². The maximum absolute atomic E-state index is 13.3. The molecular weight excluding hydrogens is 578 g/mol. The van der Waals surface area contributed by atoms with Crippen LogP contribution in [0.15, 0.2) is 16.9 Å². The molecule has 1 aromatic rings. The third-order valence-corrected chi connectivity index (χ3v) is 10.2. The Morgan fingerprint density at radius 3 is 2.67 bits per heavy atom. The molecule has 6 atom stereocenters. The molecule has 0 aromatic carbocycles. The van der Waals surface area contributed by atoms with Crippen molar-refractivity contribution < 1.29 is 24.3 Å². The summed E-state index contributed by atoms with van der Waals surface area (Å²) in [6.45, 7) is 7.84. The molecule has 4 aliphatic rings. The molecule has 5 heterocycles. The number of carbonyl (C=O) groups excluding carboxylic acids is 3. The van der Waals surface area contributed by atoms with Gasteiger partial charge in [-0.05, 0) is 36.7 Å². The van der Waals surface area contributed by atoms with Gasteiger partial charge in [0.15, 0.2) is 0 Å². The first-order valence-corrected chi connectivity index (χ1v) is 15.5. The standard InChI is InChI=1S/C26H39N11O5S/c1-14-21-20(15(2)31-19(38)12-36-13-30-32-33-36)25(40)37(21)22(26(41)42)23(14)43-16-10-17(29-11-16)24(39)35-8-6-34(7-9-35)5-3-4-18(27)28/h13-17,20-21,29H,3-12H2,1-2H3,(H3,27,28)(H,31,38)(H,41,42)/t14-,15-,16+,17+,20-,21-/m1/s1. The molecule has 0 aliphatic carbocycles. The number of carboxylic acids is 1. The van der Waals surface area contributed by atoms with Crippen molar-refractivity contribution in [2.75, 3.05) is 39.3 Å². The van der Waals surface area contributed by atoms with Gasteiger partial charge < -0.3 is 31.3 Å². The van der Waals surface area contributed by atoms with E-state index in [0.29, 0.717) is 37.4 Å². The third-order valence-electron chi connectivity index (χ3n) is 8.70. The van der Waals surface area contributed by atoms with Crippen LogP contribution in [-0.2, 0) is 25.7 Å². The number of piperazine rings is 1. The van der Waals surface area contributed by atoms with Crippen LogP contribution in [0.25, 0.3) is 0 Å². The van der Waals surface area contributed by atoms with Crippen LogP contribution in [0.1, 0.15) is 33.1 Å². The molecule has 3 amide bonds. The molecule has 16 nitrogen and oxygen atoms in total. The van der Waals surface area contributed by atoms with Crippen molar-refractivity contribution in [1.82, 2.24) is 45.5 Å². The number of nitrogens with one attached hydrogen (secondary N) is 3. The fourth-order valence-electron chi connectivity index (χ4n) is 6.55. The Morgan fingerprint density at radius 2 is 2.02 bits per heavy atom. The van der Waals surface area contributed by atoms with Gasteiger partial charge in [0.1, 0.15) is 18.6 Å². The first-order valence-electron chi connectivity index (χ1n) is 14.6. The molecule has 4 aliphatic heterocycles. The lowest BCUT2D eigenvalue weighted by atomic mass is 9.78. The fourth-order valence-corrected chi connectivity index (χ4v) is 8.03. The summed E-state index contributed by atoms with van der Waals surface area (Å²) in [5, 5.41) is 34.3. The van der Waals surface area contributed by atoms with E-state index in [1.165, 1.54) is 27.7 Å². The second-order valence-electron chi connectivity index (χ2n) is 11.6. The number of fused-ring (bicyclic) bond motifs is 1. The van der Waals surface area contributed by atoms with Gasteiger partial charge in [-0.2, -0.15) is 0 Å². The quantitative estimate of drug-likeness (QED) is 0.101. The van der Waals surface area contributed by atoms with Crippen molar-refractivity contribution in [2.45, 2.75) is 63.0 Å². The molecule has 3 saturated heterocycles. The number of aliphatic carboxylic acids is 1. The van der Waals surface area contributed by atoms with Crippen molar-refractivity contribution in [3.63, 3.8) is 0 Å². The number of carboxylic acid groups (broad SMARTS) is 1. The first kappa shape index (κ1) is 30.9. The number of aromatic nitrogens is 4. The summed E-state index contributed by atoms with van der Waals surface area (Å²) in [6, 6.07) is -1.22. The highest BCUT2D eigenvalue weighted by molar-refractivity contribution is 8.03. The number of thioether (sulfide) groups is 1. The number of amides is 3. The van der Waals surface area contributed by atoms with Crippen molar-refractivity contribution in [3.05, 3.63) is 16.9 Å². The molecule has 0 spiro atoms. The van der Waals surface area contributed by atoms with Crippen molar-refractivity contribution >= 4 is 41.3 Å². The van der Waals surface area contributed by atoms with Gasteiger partial charge in [0.05, 0.1) is 23.8 Å². The Balaban J connectivity index is 1.15. The summed E-state index contributed by atoms with van der Waals surface area (Å²) < 4.78 is 1.28. The minimum atomic E-state index is -1.15. The molecule has 5 rings (SSSR count). The van der Waals surface area contributed by atoms with Gasteiger partial charge in [0, 0.05) is 61.3 Å². The lowest BCUT2D eigenvalue weighted by molar-refractivity contribution is -0.158. The molecule has 6 N–H and O–H groups in total. The number of tetrazole rings is 1. The number of nitrogens with zero attached hydrogens (tertiary/aromatic N) is 7. The van der Waals surface area contributed by atoms with Crippen LogP contribution in [0.5, 0.6) is 0 Å². The van der Waals surface area contributed by atoms with Crippen molar-refractivity contribution in [1.29, 1.82) is 5.41 Å². The van der Waals surface area contributed by atoms with Crippen LogP contribution in [0, 0.1) is 17.2 Å². The normalized spacial score (nSPS) is 28.0. The summed E-state index contributed by atoms with van der Waals surface area (Å²) in [4.78, 5) is 57.5. The number of nitrogens with two attached hydrogens (primary N) is 1. The number of β-lactam (4-membered cyclic amide) rings is 1. The number of amidine groups is 1. The highest BCUT2D eigenvalue weighted by Gasteiger charge is 2.60. The highest BCUT2D eigenvalue weighted by Crippen LogP contribution is 2.51. The van der Waals surface area contributed by atoms with Gasteiger partial charge in [-0.25, -0.2) is 9.48 Å². The van der Waals surface area contributed by atoms with Crippen LogP contribution in [-0.4, -0.2) is 132 Å². The molecule has 234 valence electrons. The van der Waals surface area contributed by atoms with E-state index in [4.69, 9.17) is 11.1 Å². The predicted octanol–water partition coefficient (Wildman–Crippen LogP) is -1.73. The maximum Gasteiger partial charge on any atom is 0.353 e. The first-order chi connectivity index (χ1) is 20.5. The number of carbonyl (C=O) groups is 4. The summed E-state index contributed by atoms with van der Waals surface area (Å²) >= 11 is 1.44. The zero-order valence-electron chi connectivity index (χ0n) is 24.3. The SMILES string of the molecule is C[C@@H](NC(=O)Cn1cnnn1)[C@H]1C(=O)N2C(C(=O)O)=C(S[C@@H]3CN[C@H](C(=O)N4CCN(CCCC(=N)N)CC4)C3)[C@H](C)[C@H]12. The number of hydrogen-bond donors (Lipinski definition) is 5. The van der Waals surface area contributed by atoms with Crippen LogP contribution in [0.4, 0.5) is 0 Å². The fraction of sp³-hybridized carbons (Fsp3) is 0.692. The Bertz CT molecular complexity index is 1280. The number of hydrogen-bond acceptors (Lipinski definition) is 11. The average Bonchev–Trinajstić information content (AvgIpc) is 3.69. The van der Waals surface area contributed by atoms with Gasteiger partial charge in [0.25, 0.3) is 0 Å². The lowest BCUT2D eigenvalue weighted by Crippen LogP contribution is -2.66. The summed E-state index contributed by atoms with van der Waals surface area (Å²) in [5.74, 6) is -2.36. The molecule has 0 unspecified atom stereocenters. The van der Waals surface area contributed by atoms with Crippen molar-refractivity contribution in [2.24, 2.45) is 17.6 Å². The Labute approximate surface area is 253 Å². The Kier molecular flexibility index (Phi) is 9.31. The lowest BCUT2D eigenvalue weighted by Gasteiger charge is -2.47. The molecule has 17 heteroatoms. The minimum Gasteiger partial charge on any atom is -0.477 e. The predicted molar refractivity (Wildman–Crippen MR) is 155 cm³/mol. The highest BCUT2D eigenvalue weighted by atomic mass is 32.2. The zero-order chi connectivity index (χ0) is 30.8. The van der Waals surface area contributed by atoms with Crippen LogP contribution in [0.2, 0.25) is 0 Å². The molecule has 1 aromatic heterocycles. The second kappa shape index (κ2) is 13.0. The van der Waals surface area contributed by atoms with E-state index in [2.05, 4.69) is 31.1 Å². The minimum absolute atomic E-state index is 0.00615. The smallest absolute Gasteiger partial charge is 0.353 e. The molecule has 0 radical (unpaired) electrons. The van der Waals surface area contributed by atoms with Gasteiger partial charge in [-0.1, -0.05) is 6.92 Å². The summed E-state index contributed by atoms with van der Waals surface area (Å²) in [7, 11) is 0. The van der Waals surface area contributed by atoms with E-state index >= 15 is 0 Å². The Hall–Kier alpha value is -3.57. The summed E-state index contributed by atoms with van der Waals surface area (Å²) in [6.07, 6.45) is 3.30. The van der Waals surface area contributed by atoms with Gasteiger partial charge in [-0.15, -0.1) is 16.9 Å². The maximum atomic E-state index is 13.3. The number of rotatable bonds is 12. The topological polar surface area (TPSA) is 216 Å². The van der Waals surface area contributed by atoms with Crippen molar-refractivity contribution in [3.8, 4) is 0 Å². The molecule has 43 heavy (non-hydrogen) atoms. The molecule has 0 saturated carbocycles. The van der Waals surface area contributed by atoms with E-state index < -0.39 is 17.9 Å². The zero-order valence-corrected chi connectivity index (χ0v) is 25.1. The average molecular weight is 618 g/mol. The van der Waals surface area contributed by atoms with Crippen LogP contribution in [0.3, 0.4) is 0 Å². The van der Waals surface area contributed by atoms with Gasteiger partial charge >= 0.3 is 5.97 Å². The molecular formula is C26H39N11O5S. The molecule has 3 fully saturated rings. The van der Waals surface area contributed by atoms with E-state index in [1.54, 1.807) is 6.92 Å². The largest absolute Gasteiger partial charge is 0.477 e. The van der Waals surface area contributed by atoms with E-state index in [1.807, 2.05) is 11.8 Å². The van der Waals surface area contributed by atoms with Crippen LogP contribution >= 0.6 is 11.8 Å². The third kappa shape index (κ3) is 6.52. The summed E-state index contributed by atoms with van der Waals surface area (Å²) in [5.41, 5.74) is 5.45. The van der Waals surface area contributed by atoms with Gasteiger partial charge in [-0.3, -0.25) is 24.7 Å². The molecule has 0 bridgehead atoms. The van der Waals surface area contributed by atoms with Gasteiger partial charge in [0.2, 0.25) is 17.7 Å². The monoisotopic (exact) mass is 617 g/mol. The van der Waals surface area contributed by atoms with Crippen LogP contribution < -0.4 is 16.4 Å². The second-order valence-corrected chi connectivity index (χ2v) is 13.0. The van der Waals surface area contributed by atoms with E-state index in [9.17, 15) is 24.3 Å².